The van der Waals surface area contributed by atoms with E-state index in [2.05, 4.69) is 4.98 Å². The van der Waals surface area contributed by atoms with Gasteiger partial charge >= 0.3 is 0 Å². The smallest absolute Gasteiger partial charge is 0.246 e. The van der Waals surface area contributed by atoms with Crippen molar-refractivity contribution in [3.05, 3.63) is 72.1 Å². The first-order chi connectivity index (χ1) is 11.7. The first-order valence-electron chi connectivity index (χ1n) is 8.34. The van der Waals surface area contributed by atoms with Crippen molar-refractivity contribution >= 4 is 12.0 Å². The number of hydrogen-bond donors (Lipinski definition) is 1. The summed E-state index contributed by atoms with van der Waals surface area (Å²) < 4.78 is 0. The van der Waals surface area contributed by atoms with Gasteiger partial charge in [-0.15, -0.1) is 0 Å². The van der Waals surface area contributed by atoms with Gasteiger partial charge in [0, 0.05) is 31.6 Å². The van der Waals surface area contributed by atoms with Crippen LogP contribution < -0.4 is 0 Å². The Morgan fingerprint density at radius 1 is 1.12 bits per heavy atom. The van der Waals surface area contributed by atoms with Crippen molar-refractivity contribution in [2.24, 2.45) is 5.92 Å². The SMILES string of the molecule is O=C(/C=C/c1ccncc1)N1CCC([C@@H](O)c2ccccc2)CC1. The molecule has 4 heteroatoms. The first kappa shape index (κ1) is 16.4. The number of amides is 1. The van der Waals surface area contributed by atoms with Crippen molar-refractivity contribution in [2.45, 2.75) is 18.9 Å². The molecule has 3 rings (SSSR count). The molecule has 4 nitrogen and oxygen atoms in total. The average molecular weight is 322 g/mol. The van der Waals surface area contributed by atoms with Gasteiger partial charge in [0.25, 0.3) is 0 Å². The van der Waals surface area contributed by atoms with E-state index in [1.54, 1.807) is 18.5 Å². The molecule has 2 heterocycles. The largest absolute Gasteiger partial charge is 0.388 e. The van der Waals surface area contributed by atoms with E-state index < -0.39 is 6.10 Å². The van der Waals surface area contributed by atoms with Crippen LogP contribution in [0.3, 0.4) is 0 Å². The van der Waals surface area contributed by atoms with Gasteiger partial charge in [-0.25, -0.2) is 0 Å². The van der Waals surface area contributed by atoms with Crippen LogP contribution in [0.25, 0.3) is 6.08 Å². The van der Waals surface area contributed by atoms with E-state index in [1.165, 1.54) is 0 Å². The van der Waals surface area contributed by atoms with E-state index in [0.717, 1.165) is 24.0 Å². The molecular formula is C20H22N2O2. The third-order valence-corrected chi connectivity index (χ3v) is 4.56. The summed E-state index contributed by atoms with van der Waals surface area (Å²) in [7, 11) is 0. The minimum absolute atomic E-state index is 0.0273. The maximum Gasteiger partial charge on any atom is 0.246 e. The molecule has 1 amide bonds. The first-order valence-corrected chi connectivity index (χ1v) is 8.34. The van der Waals surface area contributed by atoms with Crippen LogP contribution in [0.4, 0.5) is 0 Å². The van der Waals surface area contributed by atoms with Crippen LogP contribution in [0, 0.1) is 5.92 Å². The van der Waals surface area contributed by atoms with E-state index in [4.69, 9.17) is 0 Å². The highest BCUT2D eigenvalue weighted by Gasteiger charge is 2.27. The highest BCUT2D eigenvalue weighted by molar-refractivity contribution is 5.91. The zero-order valence-electron chi connectivity index (χ0n) is 13.6. The second kappa shape index (κ2) is 7.88. The van der Waals surface area contributed by atoms with Crippen LogP contribution in [0.5, 0.6) is 0 Å². The Balaban J connectivity index is 1.53. The molecule has 1 N–H and O–H groups in total. The van der Waals surface area contributed by atoms with Crippen molar-refractivity contribution < 1.29 is 9.90 Å². The number of pyridine rings is 1. The number of carbonyl (C=O) groups is 1. The van der Waals surface area contributed by atoms with E-state index in [9.17, 15) is 9.90 Å². The molecule has 0 aliphatic carbocycles. The minimum Gasteiger partial charge on any atom is -0.388 e. The lowest BCUT2D eigenvalue weighted by Gasteiger charge is -2.33. The highest BCUT2D eigenvalue weighted by Crippen LogP contribution is 2.30. The van der Waals surface area contributed by atoms with Crippen molar-refractivity contribution in [2.75, 3.05) is 13.1 Å². The number of piperidine rings is 1. The predicted octanol–water partition coefficient (Wildman–Crippen LogP) is 3.07. The third kappa shape index (κ3) is 4.09. The summed E-state index contributed by atoms with van der Waals surface area (Å²) in [5.41, 5.74) is 1.92. The number of hydrogen-bond acceptors (Lipinski definition) is 3. The Morgan fingerprint density at radius 2 is 1.79 bits per heavy atom. The van der Waals surface area contributed by atoms with Gasteiger partial charge in [0.15, 0.2) is 0 Å². The Kier molecular flexibility index (Phi) is 5.39. The lowest BCUT2D eigenvalue weighted by molar-refractivity contribution is -0.127. The van der Waals surface area contributed by atoms with Gasteiger partial charge < -0.3 is 10.0 Å². The van der Waals surface area contributed by atoms with Crippen molar-refractivity contribution in [1.29, 1.82) is 0 Å². The van der Waals surface area contributed by atoms with Crippen LogP contribution >= 0.6 is 0 Å². The molecule has 0 bridgehead atoms. The summed E-state index contributed by atoms with van der Waals surface area (Å²) >= 11 is 0. The number of aromatic nitrogens is 1. The van der Waals surface area contributed by atoms with E-state index in [-0.39, 0.29) is 11.8 Å². The molecule has 0 radical (unpaired) electrons. The van der Waals surface area contributed by atoms with Gasteiger partial charge in [0.1, 0.15) is 0 Å². The highest BCUT2D eigenvalue weighted by atomic mass is 16.3. The van der Waals surface area contributed by atoms with Crippen LogP contribution in [0.1, 0.15) is 30.1 Å². The van der Waals surface area contributed by atoms with E-state index >= 15 is 0 Å². The number of aliphatic hydroxyl groups is 1. The zero-order valence-corrected chi connectivity index (χ0v) is 13.6. The van der Waals surface area contributed by atoms with Crippen LogP contribution in [-0.2, 0) is 4.79 Å². The molecule has 2 aromatic rings. The van der Waals surface area contributed by atoms with Crippen molar-refractivity contribution in [1.82, 2.24) is 9.88 Å². The number of likely N-dealkylation sites (tertiary alicyclic amines) is 1. The van der Waals surface area contributed by atoms with Gasteiger partial charge in [0.05, 0.1) is 6.10 Å². The topological polar surface area (TPSA) is 53.4 Å². The molecule has 124 valence electrons. The fourth-order valence-electron chi connectivity index (χ4n) is 3.11. The van der Waals surface area contributed by atoms with Gasteiger partial charge in [-0.05, 0) is 48.1 Å². The van der Waals surface area contributed by atoms with E-state index in [1.807, 2.05) is 53.4 Å². The summed E-state index contributed by atoms with van der Waals surface area (Å²) in [6.07, 6.45) is 8.05. The summed E-state index contributed by atoms with van der Waals surface area (Å²) in [5.74, 6) is 0.236. The number of rotatable bonds is 4. The summed E-state index contributed by atoms with van der Waals surface area (Å²) in [6.45, 7) is 1.38. The molecular weight excluding hydrogens is 300 g/mol. The number of carbonyl (C=O) groups excluding carboxylic acids is 1. The lowest BCUT2D eigenvalue weighted by atomic mass is 9.87. The van der Waals surface area contributed by atoms with Crippen molar-refractivity contribution in [3.63, 3.8) is 0 Å². The van der Waals surface area contributed by atoms with E-state index in [0.29, 0.717) is 13.1 Å². The molecule has 0 saturated carbocycles. The molecule has 24 heavy (non-hydrogen) atoms. The maximum absolute atomic E-state index is 12.3. The summed E-state index contributed by atoms with van der Waals surface area (Å²) in [4.78, 5) is 18.1. The predicted molar refractivity (Wildman–Crippen MR) is 94.0 cm³/mol. The molecule has 1 atom stereocenters. The molecule has 1 fully saturated rings. The fourth-order valence-corrected chi connectivity index (χ4v) is 3.11. The summed E-state index contributed by atoms with van der Waals surface area (Å²) in [6, 6.07) is 13.5. The standard InChI is InChI=1S/C20H22N2O2/c23-19(7-6-16-8-12-21-13-9-16)22-14-10-18(11-15-22)20(24)17-4-2-1-3-5-17/h1-9,12-13,18,20,24H,10-11,14-15H2/b7-6+/t20-/m0/s1. The normalized spacial score (nSPS) is 17.1. The average Bonchev–Trinajstić information content (AvgIpc) is 2.67. The number of nitrogens with zero attached hydrogens (tertiary/aromatic N) is 2. The fraction of sp³-hybridized carbons (Fsp3) is 0.300. The van der Waals surface area contributed by atoms with Gasteiger partial charge in [-0.1, -0.05) is 30.3 Å². The maximum atomic E-state index is 12.3. The quantitative estimate of drug-likeness (QED) is 0.880. The Morgan fingerprint density at radius 3 is 2.46 bits per heavy atom. The van der Waals surface area contributed by atoms with Gasteiger partial charge in [-0.2, -0.15) is 0 Å². The summed E-state index contributed by atoms with van der Waals surface area (Å²) in [5, 5.41) is 10.5. The van der Waals surface area contributed by atoms with Gasteiger partial charge in [-0.3, -0.25) is 9.78 Å². The molecule has 1 aliphatic heterocycles. The number of benzene rings is 1. The number of aliphatic hydroxyl groups excluding tert-OH is 1. The Hall–Kier alpha value is -2.46. The molecule has 0 unspecified atom stereocenters. The van der Waals surface area contributed by atoms with Crippen LogP contribution in [0.2, 0.25) is 0 Å². The Labute approximate surface area is 142 Å². The minimum atomic E-state index is -0.448. The monoisotopic (exact) mass is 322 g/mol. The third-order valence-electron chi connectivity index (χ3n) is 4.56. The lowest BCUT2D eigenvalue weighted by Crippen LogP contribution is -2.38. The zero-order chi connectivity index (χ0) is 16.8. The van der Waals surface area contributed by atoms with Gasteiger partial charge in [0.2, 0.25) is 5.91 Å². The van der Waals surface area contributed by atoms with Crippen LogP contribution in [0.15, 0.2) is 60.9 Å². The van der Waals surface area contributed by atoms with Crippen molar-refractivity contribution in [3.8, 4) is 0 Å². The second-order valence-corrected chi connectivity index (χ2v) is 6.13. The Bertz CT molecular complexity index is 677. The molecule has 0 spiro atoms. The molecule has 1 aliphatic rings. The molecule has 1 aromatic carbocycles. The molecule has 1 aromatic heterocycles. The molecule has 1 saturated heterocycles. The second-order valence-electron chi connectivity index (χ2n) is 6.13. The van der Waals surface area contributed by atoms with Crippen LogP contribution in [-0.4, -0.2) is 34.0 Å².